The highest BCUT2D eigenvalue weighted by Gasteiger charge is 2.54. The fourth-order valence-electron chi connectivity index (χ4n) is 5.18. The van der Waals surface area contributed by atoms with Crippen molar-refractivity contribution in [3.63, 3.8) is 0 Å². The maximum absolute atomic E-state index is 3.90. The Hall–Kier alpha value is -1.64. The molecule has 130 valence electrons. The average molecular weight is 332 g/mol. The van der Waals surface area contributed by atoms with Crippen LogP contribution in [0.1, 0.15) is 23.1 Å². The molecule has 3 aliphatic rings. The molecule has 25 heavy (non-hydrogen) atoms. The van der Waals surface area contributed by atoms with Gasteiger partial charge in [0.05, 0.1) is 0 Å². The molecule has 0 amide bonds. The van der Waals surface area contributed by atoms with E-state index < -0.39 is 0 Å². The first kappa shape index (κ1) is 15.6. The quantitative estimate of drug-likeness (QED) is 0.901. The van der Waals surface area contributed by atoms with Gasteiger partial charge in [-0.25, -0.2) is 0 Å². The lowest BCUT2D eigenvalue weighted by atomic mass is 9.88. The molecule has 0 radical (unpaired) electrons. The van der Waals surface area contributed by atoms with Crippen molar-refractivity contribution < 1.29 is 0 Å². The minimum absolute atomic E-state index is 0.691. The molecule has 2 aliphatic carbocycles. The van der Waals surface area contributed by atoms with Gasteiger partial charge in [-0.1, -0.05) is 54.6 Å². The summed E-state index contributed by atoms with van der Waals surface area (Å²) in [5.41, 5.74) is 4.59. The second-order valence-corrected chi connectivity index (χ2v) is 8.29. The molecule has 1 heterocycles. The molecule has 2 aromatic rings. The van der Waals surface area contributed by atoms with E-state index in [4.69, 9.17) is 0 Å². The lowest BCUT2D eigenvalue weighted by Crippen LogP contribution is -2.37. The van der Waals surface area contributed by atoms with Crippen LogP contribution in [0.3, 0.4) is 0 Å². The van der Waals surface area contributed by atoms with Crippen LogP contribution >= 0.6 is 0 Å². The van der Waals surface area contributed by atoms with Gasteiger partial charge >= 0.3 is 0 Å². The fraction of sp³-hybridized carbons (Fsp3) is 0.478. The van der Waals surface area contributed by atoms with Gasteiger partial charge in [0, 0.05) is 25.7 Å². The normalized spacial score (nSPS) is 30.7. The summed E-state index contributed by atoms with van der Waals surface area (Å²) >= 11 is 0. The standard InChI is InChI=1S/C23H28N2/c1-2-6-17(7-3-1)14-25-15-22-21(23(22)16-25)13-24-20-11-10-18-8-4-5-9-19(18)12-20/h1-9,20-24H,10-16H2/t20?,21?,22-,23+. The van der Waals surface area contributed by atoms with E-state index in [-0.39, 0.29) is 0 Å². The van der Waals surface area contributed by atoms with Crippen molar-refractivity contribution in [2.75, 3.05) is 19.6 Å². The highest BCUT2D eigenvalue weighted by atomic mass is 15.2. The molecule has 1 N–H and O–H groups in total. The third-order valence-corrected chi connectivity index (χ3v) is 6.69. The monoisotopic (exact) mass is 332 g/mol. The van der Waals surface area contributed by atoms with Gasteiger partial charge in [0.25, 0.3) is 0 Å². The molecule has 2 heteroatoms. The first-order chi connectivity index (χ1) is 12.4. The number of aryl methyl sites for hydroxylation is 1. The molecule has 0 bridgehead atoms. The van der Waals surface area contributed by atoms with Crippen molar-refractivity contribution in [1.82, 2.24) is 10.2 Å². The molecule has 4 atom stereocenters. The van der Waals surface area contributed by atoms with E-state index in [1.54, 1.807) is 11.1 Å². The van der Waals surface area contributed by atoms with Crippen LogP contribution in [0, 0.1) is 17.8 Å². The zero-order chi connectivity index (χ0) is 16.6. The van der Waals surface area contributed by atoms with Crippen molar-refractivity contribution >= 4 is 0 Å². The summed E-state index contributed by atoms with van der Waals surface area (Å²) in [6.45, 7) is 4.98. The van der Waals surface area contributed by atoms with E-state index in [0.29, 0.717) is 6.04 Å². The third-order valence-electron chi connectivity index (χ3n) is 6.69. The molecule has 5 rings (SSSR count). The van der Waals surface area contributed by atoms with E-state index >= 15 is 0 Å². The Labute approximate surface area is 151 Å². The summed E-state index contributed by atoms with van der Waals surface area (Å²) in [7, 11) is 0. The average Bonchev–Trinajstić information content (AvgIpc) is 3.12. The Kier molecular flexibility index (Phi) is 4.11. The third kappa shape index (κ3) is 3.26. The van der Waals surface area contributed by atoms with Gasteiger partial charge in [-0.3, -0.25) is 4.90 Å². The molecule has 2 unspecified atom stereocenters. The number of hydrogen-bond acceptors (Lipinski definition) is 2. The van der Waals surface area contributed by atoms with E-state index in [2.05, 4.69) is 64.8 Å². The van der Waals surface area contributed by atoms with Crippen LogP contribution < -0.4 is 5.32 Å². The summed E-state index contributed by atoms with van der Waals surface area (Å²) in [4.78, 5) is 2.65. The molecule has 2 aromatic carbocycles. The van der Waals surface area contributed by atoms with Crippen LogP contribution in [0.15, 0.2) is 54.6 Å². The number of fused-ring (bicyclic) bond motifs is 2. The van der Waals surface area contributed by atoms with Gasteiger partial charge in [-0.05, 0) is 60.3 Å². The highest BCUT2D eigenvalue weighted by Crippen LogP contribution is 2.51. The molecular formula is C23H28N2. The summed E-state index contributed by atoms with van der Waals surface area (Å²) in [5.74, 6) is 2.84. The SMILES string of the molecule is c1ccc(CN2C[C@@H]3C(CNC4CCc5ccccc5C4)[C@@H]3C2)cc1. The topological polar surface area (TPSA) is 15.3 Å². The van der Waals surface area contributed by atoms with Crippen LogP contribution in [-0.2, 0) is 19.4 Å². The van der Waals surface area contributed by atoms with Gasteiger partial charge in [-0.2, -0.15) is 0 Å². The van der Waals surface area contributed by atoms with E-state index in [0.717, 1.165) is 24.3 Å². The minimum atomic E-state index is 0.691. The predicted octanol–water partition coefficient (Wildman–Crippen LogP) is 3.51. The molecule has 2 nitrogen and oxygen atoms in total. The molecule has 1 saturated heterocycles. The summed E-state index contributed by atoms with van der Waals surface area (Å²) < 4.78 is 0. The number of hydrogen-bond donors (Lipinski definition) is 1. The van der Waals surface area contributed by atoms with Gasteiger partial charge < -0.3 is 5.32 Å². The highest BCUT2D eigenvalue weighted by molar-refractivity contribution is 5.30. The fourth-order valence-corrected chi connectivity index (χ4v) is 5.18. The Balaban J connectivity index is 1.08. The van der Waals surface area contributed by atoms with Crippen LogP contribution in [0.5, 0.6) is 0 Å². The number of rotatable bonds is 5. The smallest absolute Gasteiger partial charge is 0.0233 e. The molecular weight excluding hydrogens is 304 g/mol. The summed E-state index contributed by atoms with van der Waals surface area (Å²) in [6, 6.07) is 20.6. The molecule has 2 fully saturated rings. The van der Waals surface area contributed by atoms with Crippen LogP contribution in [0.2, 0.25) is 0 Å². The maximum Gasteiger partial charge on any atom is 0.0233 e. The molecule has 0 aromatic heterocycles. The number of nitrogens with one attached hydrogen (secondary N) is 1. The van der Waals surface area contributed by atoms with Crippen molar-refractivity contribution in [3.8, 4) is 0 Å². The van der Waals surface area contributed by atoms with E-state index in [1.165, 1.54) is 44.5 Å². The van der Waals surface area contributed by atoms with Crippen LogP contribution in [-0.4, -0.2) is 30.6 Å². The Morgan fingerprint density at radius 3 is 2.40 bits per heavy atom. The van der Waals surface area contributed by atoms with Crippen LogP contribution in [0.4, 0.5) is 0 Å². The van der Waals surface area contributed by atoms with E-state index in [9.17, 15) is 0 Å². The molecule has 1 aliphatic heterocycles. The van der Waals surface area contributed by atoms with Crippen molar-refractivity contribution in [2.45, 2.75) is 31.8 Å². The van der Waals surface area contributed by atoms with Crippen molar-refractivity contribution in [3.05, 3.63) is 71.3 Å². The Morgan fingerprint density at radius 1 is 0.880 bits per heavy atom. The van der Waals surface area contributed by atoms with E-state index in [1.807, 2.05) is 0 Å². The number of benzene rings is 2. The zero-order valence-corrected chi connectivity index (χ0v) is 14.9. The van der Waals surface area contributed by atoms with Gasteiger partial charge in [0.15, 0.2) is 0 Å². The van der Waals surface area contributed by atoms with Gasteiger partial charge in [0.2, 0.25) is 0 Å². The lowest BCUT2D eigenvalue weighted by Gasteiger charge is -2.26. The number of likely N-dealkylation sites (tertiary alicyclic amines) is 1. The van der Waals surface area contributed by atoms with Crippen molar-refractivity contribution in [2.24, 2.45) is 17.8 Å². The molecule has 0 spiro atoms. The van der Waals surface area contributed by atoms with Gasteiger partial charge in [0.1, 0.15) is 0 Å². The predicted molar refractivity (Wildman–Crippen MR) is 102 cm³/mol. The Morgan fingerprint density at radius 2 is 1.60 bits per heavy atom. The Bertz CT molecular complexity index is 714. The second kappa shape index (κ2) is 6.59. The maximum atomic E-state index is 3.90. The van der Waals surface area contributed by atoms with Crippen molar-refractivity contribution in [1.29, 1.82) is 0 Å². The lowest BCUT2D eigenvalue weighted by molar-refractivity contribution is 0.272. The minimum Gasteiger partial charge on any atom is -0.313 e. The number of nitrogens with zero attached hydrogens (tertiary/aromatic N) is 1. The summed E-state index contributed by atoms with van der Waals surface area (Å²) in [6.07, 6.45) is 3.77. The van der Waals surface area contributed by atoms with Gasteiger partial charge in [-0.15, -0.1) is 0 Å². The van der Waals surface area contributed by atoms with Crippen LogP contribution in [0.25, 0.3) is 0 Å². The summed E-state index contributed by atoms with van der Waals surface area (Å²) in [5, 5.41) is 3.90. The first-order valence-corrected chi connectivity index (χ1v) is 9.93. The largest absolute Gasteiger partial charge is 0.313 e. The number of piperidine rings is 1. The first-order valence-electron chi connectivity index (χ1n) is 9.93. The second-order valence-electron chi connectivity index (χ2n) is 8.29. The molecule has 1 saturated carbocycles. The zero-order valence-electron chi connectivity index (χ0n) is 14.9.